The Morgan fingerprint density at radius 1 is 1.67 bits per heavy atom. The highest BCUT2D eigenvalue weighted by molar-refractivity contribution is 5.79. The molecule has 84 valence electrons. The first kappa shape index (κ1) is 11.6. The number of aryl methyl sites for hydroxylation is 1. The van der Waals surface area contributed by atoms with E-state index in [1.165, 1.54) is 0 Å². The van der Waals surface area contributed by atoms with Crippen molar-refractivity contribution in [3.8, 4) is 0 Å². The molecule has 0 radical (unpaired) electrons. The van der Waals surface area contributed by atoms with Gasteiger partial charge < -0.3 is 15.5 Å². The topological polar surface area (TPSA) is 76.4 Å². The van der Waals surface area contributed by atoms with Gasteiger partial charge in [0.25, 0.3) is 0 Å². The van der Waals surface area contributed by atoms with Gasteiger partial charge in [-0.25, -0.2) is 4.98 Å². The summed E-state index contributed by atoms with van der Waals surface area (Å²) in [4.78, 5) is 4.26. The van der Waals surface area contributed by atoms with Crippen LogP contribution in [0.5, 0.6) is 0 Å². The van der Waals surface area contributed by atoms with E-state index in [1.54, 1.807) is 6.20 Å². The molecule has 0 aliphatic heterocycles. The summed E-state index contributed by atoms with van der Waals surface area (Å²) >= 11 is 0. The van der Waals surface area contributed by atoms with Crippen LogP contribution in [0.3, 0.4) is 0 Å². The maximum atomic E-state index is 8.54. The number of rotatable bonds is 5. The van der Waals surface area contributed by atoms with Gasteiger partial charge in [0, 0.05) is 31.3 Å². The van der Waals surface area contributed by atoms with E-state index in [0.29, 0.717) is 6.42 Å². The number of oxime groups is 1. The van der Waals surface area contributed by atoms with Crippen LogP contribution < -0.4 is 5.73 Å². The SMILES string of the molecule is CCc1nccn1C(CC)CC(N)=NO. The molecule has 0 aromatic carbocycles. The van der Waals surface area contributed by atoms with Gasteiger partial charge in [0.05, 0.1) is 0 Å². The molecule has 0 aliphatic carbocycles. The Morgan fingerprint density at radius 2 is 2.40 bits per heavy atom. The van der Waals surface area contributed by atoms with Crippen molar-refractivity contribution in [1.82, 2.24) is 9.55 Å². The number of amidine groups is 1. The van der Waals surface area contributed by atoms with Crippen molar-refractivity contribution in [3.05, 3.63) is 18.2 Å². The molecule has 0 amide bonds. The number of hydrogen-bond acceptors (Lipinski definition) is 3. The predicted octanol–water partition coefficient (Wildman–Crippen LogP) is 1.53. The molecule has 1 unspecified atom stereocenters. The first-order chi connectivity index (χ1) is 7.22. The molecular weight excluding hydrogens is 192 g/mol. The van der Waals surface area contributed by atoms with Crippen LogP contribution >= 0.6 is 0 Å². The third-order valence-corrected chi connectivity index (χ3v) is 2.50. The summed E-state index contributed by atoms with van der Waals surface area (Å²) < 4.78 is 2.10. The van der Waals surface area contributed by atoms with Crippen LogP contribution in [0.2, 0.25) is 0 Å². The zero-order chi connectivity index (χ0) is 11.3. The zero-order valence-electron chi connectivity index (χ0n) is 9.22. The van der Waals surface area contributed by atoms with E-state index in [-0.39, 0.29) is 11.9 Å². The molecule has 0 spiro atoms. The Hall–Kier alpha value is -1.52. The van der Waals surface area contributed by atoms with Gasteiger partial charge in [-0.05, 0) is 6.42 Å². The lowest BCUT2D eigenvalue weighted by atomic mass is 10.1. The Morgan fingerprint density at radius 3 is 2.93 bits per heavy atom. The van der Waals surface area contributed by atoms with Crippen molar-refractivity contribution < 1.29 is 5.21 Å². The molecule has 0 fully saturated rings. The highest BCUT2D eigenvalue weighted by Gasteiger charge is 2.13. The van der Waals surface area contributed by atoms with Crippen LogP contribution in [0, 0.1) is 0 Å². The van der Waals surface area contributed by atoms with E-state index in [1.807, 2.05) is 6.20 Å². The Labute approximate surface area is 89.6 Å². The van der Waals surface area contributed by atoms with Gasteiger partial charge in [-0.15, -0.1) is 0 Å². The van der Waals surface area contributed by atoms with Crippen molar-refractivity contribution in [2.75, 3.05) is 0 Å². The van der Waals surface area contributed by atoms with Gasteiger partial charge in [-0.2, -0.15) is 0 Å². The minimum atomic E-state index is 0.221. The summed E-state index contributed by atoms with van der Waals surface area (Å²) in [6.45, 7) is 4.14. The van der Waals surface area contributed by atoms with Gasteiger partial charge >= 0.3 is 0 Å². The summed E-state index contributed by atoms with van der Waals surface area (Å²) in [5.74, 6) is 1.30. The first-order valence-corrected chi connectivity index (χ1v) is 5.21. The molecule has 0 saturated heterocycles. The first-order valence-electron chi connectivity index (χ1n) is 5.21. The van der Waals surface area contributed by atoms with E-state index < -0.39 is 0 Å². The number of nitrogens with two attached hydrogens (primary N) is 1. The zero-order valence-corrected chi connectivity index (χ0v) is 9.22. The fourth-order valence-corrected chi connectivity index (χ4v) is 1.67. The van der Waals surface area contributed by atoms with Crippen molar-refractivity contribution in [2.45, 2.75) is 39.2 Å². The quantitative estimate of drug-likeness (QED) is 0.335. The van der Waals surface area contributed by atoms with Crippen molar-refractivity contribution in [2.24, 2.45) is 10.9 Å². The second-order valence-corrected chi connectivity index (χ2v) is 3.46. The lowest BCUT2D eigenvalue weighted by molar-refractivity contribution is 0.314. The van der Waals surface area contributed by atoms with Crippen LogP contribution in [0.1, 0.15) is 38.6 Å². The maximum absolute atomic E-state index is 8.54. The summed E-state index contributed by atoms with van der Waals surface area (Å²) in [6, 6.07) is 0.221. The van der Waals surface area contributed by atoms with E-state index in [2.05, 4.69) is 28.6 Å². The largest absolute Gasteiger partial charge is 0.409 e. The Bertz CT molecular complexity index is 332. The third kappa shape index (κ3) is 2.71. The van der Waals surface area contributed by atoms with E-state index >= 15 is 0 Å². The van der Waals surface area contributed by atoms with Crippen molar-refractivity contribution >= 4 is 5.84 Å². The van der Waals surface area contributed by atoms with Crippen LogP contribution in [-0.2, 0) is 6.42 Å². The average Bonchev–Trinajstić information content (AvgIpc) is 2.73. The molecule has 0 aliphatic rings. The summed E-state index contributed by atoms with van der Waals surface area (Å²) in [7, 11) is 0. The fourth-order valence-electron chi connectivity index (χ4n) is 1.67. The third-order valence-electron chi connectivity index (χ3n) is 2.50. The normalized spacial score (nSPS) is 14.1. The van der Waals surface area contributed by atoms with Gasteiger partial charge in [-0.1, -0.05) is 19.0 Å². The summed E-state index contributed by atoms with van der Waals surface area (Å²) in [5.41, 5.74) is 5.51. The number of hydrogen-bond donors (Lipinski definition) is 2. The van der Waals surface area contributed by atoms with Crippen LogP contribution in [-0.4, -0.2) is 20.6 Å². The molecule has 3 N–H and O–H groups in total. The summed E-state index contributed by atoms with van der Waals surface area (Å²) in [6.07, 6.45) is 6.10. The molecule has 1 rings (SSSR count). The van der Waals surface area contributed by atoms with Crippen molar-refractivity contribution in [3.63, 3.8) is 0 Å². The molecule has 0 saturated carbocycles. The average molecular weight is 210 g/mol. The molecule has 1 aromatic heterocycles. The molecule has 5 nitrogen and oxygen atoms in total. The molecule has 1 heterocycles. The molecule has 1 aromatic rings. The molecule has 1 atom stereocenters. The smallest absolute Gasteiger partial charge is 0.141 e. The molecule has 0 bridgehead atoms. The fraction of sp³-hybridized carbons (Fsp3) is 0.600. The van der Waals surface area contributed by atoms with Gasteiger partial charge in [-0.3, -0.25) is 0 Å². The highest BCUT2D eigenvalue weighted by Crippen LogP contribution is 2.17. The highest BCUT2D eigenvalue weighted by atomic mass is 16.4. The Kier molecular flexibility index (Phi) is 4.15. The van der Waals surface area contributed by atoms with Gasteiger partial charge in [0.2, 0.25) is 0 Å². The molecule has 5 heteroatoms. The lowest BCUT2D eigenvalue weighted by Gasteiger charge is -2.18. The van der Waals surface area contributed by atoms with Gasteiger partial charge in [0.15, 0.2) is 0 Å². The van der Waals surface area contributed by atoms with Crippen LogP contribution in [0.15, 0.2) is 17.5 Å². The lowest BCUT2D eigenvalue weighted by Crippen LogP contribution is -2.20. The van der Waals surface area contributed by atoms with E-state index in [4.69, 9.17) is 10.9 Å². The van der Waals surface area contributed by atoms with E-state index in [9.17, 15) is 0 Å². The summed E-state index contributed by atoms with van der Waals surface area (Å²) in [5, 5.41) is 11.5. The number of imidazole rings is 1. The Balaban J connectivity index is 2.82. The predicted molar refractivity (Wildman–Crippen MR) is 59.0 cm³/mol. The molecular formula is C10H18N4O. The molecule has 15 heavy (non-hydrogen) atoms. The van der Waals surface area contributed by atoms with E-state index in [0.717, 1.165) is 18.7 Å². The monoisotopic (exact) mass is 210 g/mol. The standard InChI is InChI=1S/C10H18N4O/c1-3-8(7-9(11)13-15)14-6-5-12-10(14)4-2/h5-6,8,15H,3-4,7H2,1-2H3,(H2,11,13). The van der Waals surface area contributed by atoms with Crippen molar-refractivity contribution in [1.29, 1.82) is 0 Å². The van der Waals surface area contributed by atoms with Crippen LogP contribution in [0.4, 0.5) is 0 Å². The number of nitrogens with zero attached hydrogens (tertiary/aromatic N) is 3. The second kappa shape index (κ2) is 5.38. The number of aromatic nitrogens is 2. The van der Waals surface area contributed by atoms with Gasteiger partial charge in [0.1, 0.15) is 11.7 Å². The minimum Gasteiger partial charge on any atom is -0.409 e. The second-order valence-electron chi connectivity index (χ2n) is 3.46. The minimum absolute atomic E-state index is 0.221. The maximum Gasteiger partial charge on any atom is 0.141 e. The van der Waals surface area contributed by atoms with Crippen LogP contribution in [0.25, 0.3) is 0 Å².